The first kappa shape index (κ1) is 10.9. The van der Waals surface area contributed by atoms with E-state index in [0.29, 0.717) is 6.42 Å². The van der Waals surface area contributed by atoms with Crippen LogP contribution in [0.2, 0.25) is 0 Å². The predicted octanol–water partition coefficient (Wildman–Crippen LogP) is 2.70. The Morgan fingerprint density at radius 2 is 2.29 bits per heavy atom. The molecular formula is C12H17NO. The number of rotatable bonds is 4. The molecule has 1 aromatic heterocycles. The fourth-order valence-electron chi connectivity index (χ4n) is 1.49. The van der Waals surface area contributed by atoms with Gasteiger partial charge in [-0.1, -0.05) is 12.1 Å². The van der Waals surface area contributed by atoms with Crippen molar-refractivity contribution in [1.29, 1.82) is 0 Å². The maximum atomic E-state index is 9.81. The third-order valence-corrected chi connectivity index (χ3v) is 2.22. The molecule has 0 radical (unpaired) electrons. The highest BCUT2D eigenvalue weighted by Gasteiger charge is 2.10. The Kier molecular flexibility index (Phi) is 3.84. The molecule has 0 aliphatic heterocycles. The van der Waals surface area contributed by atoms with Gasteiger partial charge < -0.3 is 5.11 Å². The van der Waals surface area contributed by atoms with Crippen molar-refractivity contribution in [2.24, 2.45) is 0 Å². The fourth-order valence-corrected chi connectivity index (χ4v) is 1.49. The molecule has 0 aromatic carbocycles. The number of hydrogen-bond donors (Lipinski definition) is 1. The number of hydrogen-bond acceptors (Lipinski definition) is 2. The summed E-state index contributed by atoms with van der Waals surface area (Å²) in [5, 5.41) is 9.81. The molecule has 1 heterocycles. The zero-order chi connectivity index (χ0) is 10.6. The van der Waals surface area contributed by atoms with Gasteiger partial charge in [-0.2, -0.15) is 0 Å². The number of pyridine rings is 1. The van der Waals surface area contributed by atoms with Crippen molar-refractivity contribution in [3.8, 4) is 0 Å². The molecular weight excluding hydrogens is 174 g/mol. The van der Waals surface area contributed by atoms with E-state index in [2.05, 4.69) is 11.6 Å². The third-order valence-electron chi connectivity index (χ3n) is 2.22. The lowest BCUT2D eigenvalue weighted by Gasteiger charge is -2.11. The van der Waals surface area contributed by atoms with Crippen LogP contribution in [0.5, 0.6) is 0 Å². The van der Waals surface area contributed by atoms with E-state index in [1.165, 1.54) is 0 Å². The second-order valence-electron chi connectivity index (χ2n) is 3.60. The third kappa shape index (κ3) is 2.67. The zero-order valence-corrected chi connectivity index (χ0v) is 8.83. The van der Waals surface area contributed by atoms with Crippen molar-refractivity contribution in [3.05, 3.63) is 41.7 Å². The fraction of sp³-hybridized carbons (Fsp3) is 0.417. The van der Waals surface area contributed by atoms with Gasteiger partial charge in [0.15, 0.2) is 0 Å². The molecule has 1 N–H and O–H groups in total. The summed E-state index contributed by atoms with van der Waals surface area (Å²) in [5.41, 5.74) is 2.97. The summed E-state index contributed by atoms with van der Waals surface area (Å²) in [6, 6.07) is 2.04. The Morgan fingerprint density at radius 1 is 1.57 bits per heavy atom. The summed E-state index contributed by atoms with van der Waals surface area (Å²) in [7, 11) is 0. The Hall–Kier alpha value is -1.15. The lowest BCUT2D eigenvalue weighted by Crippen LogP contribution is -2.03. The van der Waals surface area contributed by atoms with Crippen LogP contribution in [-0.4, -0.2) is 10.1 Å². The van der Waals surface area contributed by atoms with Crippen LogP contribution >= 0.6 is 0 Å². The smallest absolute Gasteiger partial charge is 0.0965 e. The summed E-state index contributed by atoms with van der Waals surface area (Å²) in [5.74, 6) is 0. The molecule has 0 spiro atoms. The molecule has 0 amide bonds. The molecule has 0 fully saturated rings. The minimum atomic E-state index is -0.464. The first-order valence-corrected chi connectivity index (χ1v) is 4.87. The van der Waals surface area contributed by atoms with Gasteiger partial charge in [0.1, 0.15) is 0 Å². The number of aryl methyl sites for hydroxylation is 2. The quantitative estimate of drug-likeness (QED) is 0.742. The van der Waals surface area contributed by atoms with Crippen molar-refractivity contribution in [1.82, 2.24) is 4.98 Å². The van der Waals surface area contributed by atoms with Crippen molar-refractivity contribution in [2.45, 2.75) is 32.8 Å². The Balaban J connectivity index is 2.78. The number of aliphatic hydroxyl groups excluding tert-OH is 1. The maximum absolute atomic E-state index is 9.81. The minimum absolute atomic E-state index is 0.464. The van der Waals surface area contributed by atoms with Crippen LogP contribution in [-0.2, 0) is 0 Å². The molecule has 2 heteroatoms. The first-order valence-electron chi connectivity index (χ1n) is 4.87. The molecule has 2 nitrogen and oxygen atoms in total. The molecule has 0 aliphatic carbocycles. The summed E-state index contributed by atoms with van der Waals surface area (Å²) in [4.78, 5) is 4.25. The van der Waals surface area contributed by atoms with Crippen LogP contribution < -0.4 is 0 Å². The minimum Gasteiger partial charge on any atom is -0.387 e. The molecule has 1 unspecified atom stereocenters. The average molecular weight is 191 g/mol. The SMILES string of the molecule is C=CCCC(O)c1ncc(C)cc1C. The second kappa shape index (κ2) is 4.91. The Bertz CT molecular complexity index is 320. The Morgan fingerprint density at radius 3 is 2.86 bits per heavy atom. The van der Waals surface area contributed by atoms with Crippen molar-refractivity contribution < 1.29 is 5.11 Å². The monoisotopic (exact) mass is 191 g/mol. The van der Waals surface area contributed by atoms with Crippen LogP contribution in [0, 0.1) is 13.8 Å². The summed E-state index contributed by atoms with van der Waals surface area (Å²) in [6.45, 7) is 7.61. The zero-order valence-electron chi connectivity index (χ0n) is 8.83. The first-order chi connectivity index (χ1) is 6.65. The number of allylic oxidation sites excluding steroid dienone is 1. The molecule has 1 aromatic rings. The number of aromatic nitrogens is 1. The lowest BCUT2D eigenvalue weighted by molar-refractivity contribution is 0.163. The van der Waals surface area contributed by atoms with Gasteiger partial charge in [-0.05, 0) is 37.8 Å². The highest BCUT2D eigenvalue weighted by atomic mass is 16.3. The van der Waals surface area contributed by atoms with Gasteiger partial charge in [0, 0.05) is 6.20 Å². The van der Waals surface area contributed by atoms with Crippen LogP contribution in [0.15, 0.2) is 24.9 Å². The molecule has 0 saturated carbocycles. The topological polar surface area (TPSA) is 33.1 Å². The van der Waals surface area contributed by atoms with Gasteiger partial charge in [0.05, 0.1) is 11.8 Å². The van der Waals surface area contributed by atoms with E-state index in [0.717, 1.165) is 23.2 Å². The van der Waals surface area contributed by atoms with Crippen LogP contribution in [0.25, 0.3) is 0 Å². The lowest BCUT2D eigenvalue weighted by atomic mass is 10.0. The standard InChI is InChI=1S/C12H17NO/c1-4-5-6-11(14)12-10(3)7-9(2)8-13-12/h4,7-8,11,14H,1,5-6H2,2-3H3. The second-order valence-corrected chi connectivity index (χ2v) is 3.60. The Labute approximate surface area is 85.3 Å². The van der Waals surface area contributed by atoms with Crippen LogP contribution in [0.3, 0.4) is 0 Å². The van der Waals surface area contributed by atoms with Crippen molar-refractivity contribution >= 4 is 0 Å². The molecule has 1 rings (SSSR count). The van der Waals surface area contributed by atoms with Gasteiger partial charge >= 0.3 is 0 Å². The average Bonchev–Trinajstić information content (AvgIpc) is 2.14. The molecule has 0 saturated heterocycles. The molecule has 0 bridgehead atoms. The highest BCUT2D eigenvalue weighted by molar-refractivity contribution is 5.24. The summed E-state index contributed by atoms with van der Waals surface area (Å²) < 4.78 is 0. The van der Waals surface area contributed by atoms with Gasteiger partial charge in [-0.25, -0.2) is 0 Å². The summed E-state index contributed by atoms with van der Waals surface area (Å²) in [6.07, 6.45) is 4.65. The number of nitrogens with zero attached hydrogens (tertiary/aromatic N) is 1. The maximum Gasteiger partial charge on any atom is 0.0965 e. The van der Waals surface area contributed by atoms with E-state index in [9.17, 15) is 5.11 Å². The highest BCUT2D eigenvalue weighted by Crippen LogP contribution is 2.20. The van der Waals surface area contributed by atoms with Gasteiger partial charge in [-0.15, -0.1) is 6.58 Å². The van der Waals surface area contributed by atoms with Gasteiger partial charge in [-0.3, -0.25) is 4.98 Å². The van der Waals surface area contributed by atoms with E-state index in [-0.39, 0.29) is 0 Å². The van der Waals surface area contributed by atoms with E-state index in [4.69, 9.17) is 0 Å². The molecule has 0 aliphatic rings. The molecule has 76 valence electrons. The van der Waals surface area contributed by atoms with Crippen LogP contribution in [0.1, 0.15) is 35.8 Å². The van der Waals surface area contributed by atoms with Crippen molar-refractivity contribution in [2.75, 3.05) is 0 Å². The predicted molar refractivity (Wildman–Crippen MR) is 58.1 cm³/mol. The van der Waals surface area contributed by atoms with E-state index >= 15 is 0 Å². The van der Waals surface area contributed by atoms with E-state index in [1.807, 2.05) is 26.0 Å². The van der Waals surface area contributed by atoms with Crippen LogP contribution in [0.4, 0.5) is 0 Å². The molecule has 1 atom stereocenters. The van der Waals surface area contributed by atoms with Gasteiger partial charge in [0.25, 0.3) is 0 Å². The van der Waals surface area contributed by atoms with E-state index < -0.39 is 6.10 Å². The normalized spacial score (nSPS) is 12.5. The number of aliphatic hydroxyl groups is 1. The molecule has 14 heavy (non-hydrogen) atoms. The van der Waals surface area contributed by atoms with Gasteiger partial charge in [0.2, 0.25) is 0 Å². The summed E-state index contributed by atoms with van der Waals surface area (Å²) >= 11 is 0. The largest absolute Gasteiger partial charge is 0.387 e. The van der Waals surface area contributed by atoms with E-state index in [1.54, 1.807) is 6.20 Å². The van der Waals surface area contributed by atoms with Crippen molar-refractivity contribution in [3.63, 3.8) is 0 Å².